The minimum absolute atomic E-state index is 0.0247. The van der Waals surface area contributed by atoms with Crippen LogP contribution in [-0.4, -0.2) is 43.9 Å². The van der Waals surface area contributed by atoms with Crippen LogP contribution in [0.15, 0.2) is 72.8 Å². The van der Waals surface area contributed by atoms with E-state index in [1.54, 1.807) is 26.8 Å². The molecule has 13 heteroatoms. The Labute approximate surface area is 292 Å². The molecule has 1 atom stereocenters. The first-order chi connectivity index (χ1) is 24.3. The molecule has 0 aliphatic heterocycles. The van der Waals surface area contributed by atoms with Crippen molar-refractivity contribution < 1.29 is 32.7 Å². The van der Waals surface area contributed by atoms with E-state index in [9.17, 15) is 28.0 Å². The number of halogens is 2. The van der Waals surface area contributed by atoms with E-state index in [4.69, 9.17) is 4.74 Å². The molecule has 0 spiro atoms. The third-order valence-corrected chi connectivity index (χ3v) is 8.48. The number of nitrogens with zero attached hydrogens (tertiary/aromatic N) is 3. The molecule has 3 aromatic carbocycles. The minimum atomic E-state index is -1.05. The Morgan fingerprint density at radius 3 is 2.25 bits per heavy atom. The van der Waals surface area contributed by atoms with Crippen LogP contribution in [0.2, 0.25) is 0 Å². The fraction of sp³-hybridized carbons (Fsp3) is 0.263. The molecule has 0 radical (unpaired) electrons. The molecule has 0 bridgehead atoms. The molecule has 0 saturated heterocycles. The molecule has 0 fully saturated rings. The second kappa shape index (κ2) is 14.1. The highest BCUT2D eigenvalue weighted by atomic mass is 19.2. The normalized spacial score (nSPS) is 13.8. The highest BCUT2D eigenvalue weighted by Crippen LogP contribution is 2.35. The molecular weight excluding hydrogens is 658 g/mol. The van der Waals surface area contributed by atoms with Gasteiger partial charge in [0.15, 0.2) is 23.0 Å². The summed E-state index contributed by atoms with van der Waals surface area (Å²) in [6.45, 7) is 7.36. The van der Waals surface area contributed by atoms with Gasteiger partial charge in [-0.3, -0.25) is 14.4 Å². The molecule has 0 saturated carbocycles. The number of fused-ring (bicyclic) bond motifs is 2. The average Bonchev–Trinajstić information content (AvgIpc) is 3.72. The average molecular weight is 695 g/mol. The Kier molecular flexibility index (Phi) is 9.64. The van der Waals surface area contributed by atoms with Crippen molar-refractivity contribution in [1.29, 1.82) is 0 Å². The van der Waals surface area contributed by atoms with Gasteiger partial charge in [-0.2, -0.15) is 5.10 Å². The maximum atomic E-state index is 14.0. The van der Waals surface area contributed by atoms with Gasteiger partial charge in [-0.15, -0.1) is 0 Å². The summed E-state index contributed by atoms with van der Waals surface area (Å²) in [5, 5.41) is 12.8. The fourth-order valence-electron chi connectivity index (χ4n) is 5.97. The lowest BCUT2D eigenvalue weighted by molar-refractivity contribution is 0.00682. The lowest BCUT2D eigenvalue weighted by Gasteiger charge is -2.21. The summed E-state index contributed by atoms with van der Waals surface area (Å²) in [6, 6.07) is 18.3. The standard InChI is InChI=1S/C38H36F2N6O5/c1-21-24-13-15-29(26(24)12-11-25(21)37(50)51-38(2,3)4)44-36(49)32-17-30(34(47)42-20-23-10-14-27(39)28(40)16-23)43-33-18-31(45-46(32)33)35(48)41-19-22-8-6-5-7-9-22/h5-12,14,16-18,29H,13,15,19-20H2,1-4H3,(H,41,48)(H,42,47)(H,44,49)/t29-/m0/s1. The quantitative estimate of drug-likeness (QED) is 0.172. The Balaban J connectivity index is 1.28. The third kappa shape index (κ3) is 7.77. The molecule has 0 unspecified atom stereocenters. The predicted molar refractivity (Wildman–Crippen MR) is 183 cm³/mol. The van der Waals surface area contributed by atoms with Crippen molar-refractivity contribution in [2.24, 2.45) is 0 Å². The van der Waals surface area contributed by atoms with Crippen molar-refractivity contribution in [2.45, 2.75) is 65.3 Å². The summed E-state index contributed by atoms with van der Waals surface area (Å²) in [5.41, 5.74) is 3.39. The van der Waals surface area contributed by atoms with E-state index >= 15 is 0 Å². The van der Waals surface area contributed by atoms with E-state index in [1.807, 2.05) is 43.3 Å². The van der Waals surface area contributed by atoms with Gasteiger partial charge in [0, 0.05) is 25.2 Å². The molecule has 51 heavy (non-hydrogen) atoms. The number of aromatic nitrogens is 3. The van der Waals surface area contributed by atoms with Crippen molar-refractivity contribution in [3.8, 4) is 0 Å². The number of benzene rings is 3. The number of nitrogens with one attached hydrogen (secondary N) is 3. The van der Waals surface area contributed by atoms with Gasteiger partial charge in [0.25, 0.3) is 17.7 Å². The van der Waals surface area contributed by atoms with Crippen molar-refractivity contribution in [2.75, 3.05) is 0 Å². The molecule has 11 nitrogen and oxygen atoms in total. The summed E-state index contributed by atoms with van der Waals surface area (Å²) in [4.78, 5) is 57.6. The Morgan fingerprint density at radius 1 is 0.843 bits per heavy atom. The molecule has 1 aliphatic carbocycles. The molecular formula is C38H36F2N6O5. The van der Waals surface area contributed by atoms with E-state index in [0.717, 1.165) is 34.4 Å². The van der Waals surface area contributed by atoms with Crippen LogP contribution < -0.4 is 16.0 Å². The lowest BCUT2D eigenvalue weighted by Crippen LogP contribution is -2.31. The molecule has 5 aromatic rings. The maximum absolute atomic E-state index is 14.0. The maximum Gasteiger partial charge on any atom is 0.338 e. The van der Waals surface area contributed by atoms with Gasteiger partial charge in [-0.05, 0) is 86.6 Å². The number of hydrogen-bond acceptors (Lipinski definition) is 7. The minimum Gasteiger partial charge on any atom is -0.456 e. The van der Waals surface area contributed by atoms with E-state index in [-0.39, 0.29) is 35.8 Å². The van der Waals surface area contributed by atoms with Gasteiger partial charge in [-0.25, -0.2) is 23.1 Å². The first-order valence-corrected chi connectivity index (χ1v) is 16.4. The first kappa shape index (κ1) is 34.9. The molecule has 2 aromatic heterocycles. The molecule has 3 N–H and O–H groups in total. The van der Waals surface area contributed by atoms with Gasteiger partial charge >= 0.3 is 5.97 Å². The van der Waals surface area contributed by atoms with Crippen molar-refractivity contribution in [3.05, 3.63) is 135 Å². The van der Waals surface area contributed by atoms with Gasteiger partial charge in [0.1, 0.15) is 17.0 Å². The number of ether oxygens (including phenoxy) is 1. The lowest BCUT2D eigenvalue weighted by atomic mass is 9.97. The monoisotopic (exact) mass is 694 g/mol. The van der Waals surface area contributed by atoms with Crippen molar-refractivity contribution in [3.63, 3.8) is 0 Å². The molecule has 262 valence electrons. The predicted octanol–water partition coefficient (Wildman–Crippen LogP) is 5.55. The smallest absolute Gasteiger partial charge is 0.338 e. The van der Waals surface area contributed by atoms with Crippen LogP contribution in [0.25, 0.3) is 5.65 Å². The van der Waals surface area contributed by atoms with Gasteiger partial charge in [-0.1, -0.05) is 42.5 Å². The topological polar surface area (TPSA) is 144 Å². The SMILES string of the molecule is Cc1c(C(=O)OC(C)(C)C)ccc2c1CC[C@@H]2NC(=O)c1cc(C(=O)NCc2ccc(F)c(F)c2)nc2cc(C(=O)NCc3ccccc3)nn12. The van der Waals surface area contributed by atoms with Crippen LogP contribution in [0, 0.1) is 18.6 Å². The second-order valence-corrected chi connectivity index (χ2v) is 13.3. The molecule has 3 amide bonds. The van der Waals surface area contributed by atoms with E-state index in [1.165, 1.54) is 22.7 Å². The van der Waals surface area contributed by atoms with Crippen LogP contribution in [0.3, 0.4) is 0 Å². The number of rotatable bonds is 9. The Hall–Kier alpha value is -5.98. The molecule has 2 heterocycles. The first-order valence-electron chi connectivity index (χ1n) is 16.4. The second-order valence-electron chi connectivity index (χ2n) is 13.3. The summed E-state index contributed by atoms with van der Waals surface area (Å²) in [7, 11) is 0. The highest BCUT2D eigenvalue weighted by Gasteiger charge is 2.30. The van der Waals surface area contributed by atoms with Crippen molar-refractivity contribution in [1.82, 2.24) is 30.5 Å². The summed E-state index contributed by atoms with van der Waals surface area (Å²) < 4.78 is 33.9. The van der Waals surface area contributed by atoms with E-state index in [0.29, 0.717) is 24.0 Å². The van der Waals surface area contributed by atoms with Gasteiger partial charge in [0.05, 0.1) is 11.6 Å². The zero-order valence-electron chi connectivity index (χ0n) is 28.5. The van der Waals surface area contributed by atoms with E-state index in [2.05, 4.69) is 26.0 Å². The largest absolute Gasteiger partial charge is 0.456 e. The number of esters is 1. The number of amides is 3. The van der Waals surface area contributed by atoms with Crippen LogP contribution in [0.4, 0.5) is 8.78 Å². The zero-order valence-corrected chi connectivity index (χ0v) is 28.5. The number of hydrogen-bond donors (Lipinski definition) is 3. The molecule has 6 rings (SSSR count). The Bertz CT molecular complexity index is 2180. The van der Waals surface area contributed by atoms with Crippen LogP contribution >= 0.6 is 0 Å². The zero-order chi connectivity index (χ0) is 36.4. The molecule has 1 aliphatic rings. The van der Waals surface area contributed by atoms with Crippen LogP contribution in [0.5, 0.6) is 0 Å². The highest BCUT2D eigenvalue weighted by molar-refractivity contribution is 5.99. The number of carbonyl (C=O) groups excluding carboxylic acids is 4. The fourth-order valence-corrected chi connectivity index (χ4v) is 5.97. The Morgan fingerprint density at radius 2 is 1.55 bits per heavy atom. The van der Waals surface area contributed by atoms with Crippen LogP contribution in [-0.2, 0) is 24.2 Å². The number of carbonyl (C=O) groups is 4. The van der Waals surface area contributed by atoms with Gasteiger partial charge < -0.3 is 20.7 Å². The summed E-state index contributed by atoms with van der Waals surface area (Å²) in [5.74, 6) is -4.27. The third-order valence-electron chi connectivity index (χ3n) is 8.48. The van der Waals surface area contributed by atoms with Crippen molar-refractivity contribution >= 4 is 29.3 Å². The summed E-state index contributed by atoms with van der Waals surface area (Å²) in [6.07, 6.45) is 1.17. The van der Waals surface area contributed by atoms with Crippen LogP contribution in [0.1, 0.15) is 103 Å². The van der Waals surface area contributed by atoms with Gasteiger partial charge in [0.2, 0.25) is 0 Å². The van der Waals surface area contributed by atoms with E-state index < -0.39 is 47.0 Å². The summed E-state index contributed by atoms with van der Waals surface area (Å²) >= 11 is 0.